The zero-order valence-electron chi connectivity index (χ0n) is 6.99. The van der Waals surface area contributed by atoms with E-state index in [4.69, 9.17) is 21.8 Å². The van der Waals surface area contributed by atoms with Gasteiger partial charge in [0.1, 0.15) is 16.9 Å². The van der Waals surface area contributed by atoms with Gasteiger partial charge in [-0.3, -0.25) is 4.79 Å². The summed E-state index contributed by atoms with van der Waals surface area (Å²) in [6.07, 6.45) is 0. The maximum absolute atomic E-state index is 10.9. The van der Waals surface area contributed by atoms with Crippen LogP contribution in [0, 0.1) is 0 Å². The van der Waals surface area contributed by atoms with E-state index in [0.717, 1.165) is 0 Å². The highest BCUT2D eigenvalue weighted by Gasteiger charge is 2.14. The summed E-state index contributed by atoms with van der Waals surface area (Å²) >= 11 is 5.71. The number of rotatable bonds is 2. The molecule has 0 aliphatic rings. The Morgan fingerprint density at radius 3 is 2.15 bits per heavy atom. The number of halogens is 1. The molecule has 0 aliphatic carbocycles. The van der Waals surface area contributed by atoms with Crippen molar-refractivity contribution in [2.45, 2.75) is 12.3 Å². The van der Waals surface area contributed by atoms with Gasteiger partial charge < -0.3 is 10.2 Å². The molecule has 70 valence electrons. The second-order valence-electron chi connectivity index (χ2n) is 2.76. The van der Waals surface area contributed by atoms with Gasteiger partial charge in [-0.25, -0.2) is 0 Å². The van der Waals surface area contributed by atoms with E-state index in [1.807, 2.05) is 0 Å². The number of Topliss-reactive ketones (excluding diaryl/α,β-unsaturated/α-hetero) is 1. The average molecular weight is 201 g/mol. The Morgan fingerprint density at radius 2 is 1.77 bits per heavy atom. The molecular formula is C9H9ClO3. The van der Waals surface area contributed by atoms with Crippen molar-refractivity contribution >= 4 is 17.4 Å². The molecule has 0 fully saturated rings. The summed E-state index contributed by atoms with van der Waals surface area (Å²) in [4.78, 5) is 10.9. The first kappa shape index (κ1) is 9.86. The van der Waals surface area contributed by atoms with Crippen LogP contribution in [0.3, 0.4) is 0 Å². The summed E-state index contributed by atoms with van der Waals surface area (Å²) in [5.41, 5.74) is 0.395. The smallest absolute Gasteiger partial charge is 0.152 e. The summed E-state index contributed by atoms with van der Waals surface area (Å²) in [6.45, 7) is 1.35. The molecular weight excluding hydrogens is 192 g/mol. The predicted octanol–water partition coefficient (Wildman–Crippen LogP) is 1.97. The van der Waals surface area contributed by atoms with Crippen molar-refractivity contribution in [1.29, 1.82) is 0 Å². The largest absolute Gasteiger partial charge is 0.508 e. The van der Waals surface area contributed by atoms with E-state index in [1.165, 1.54) is 25.1 Å². The van der Waals surface area contributed by atoms with Gasteiger partial charge in [0.15, 0.2) is 5.78 Å². The van der Waals surface area contributed by atoms with Crippen LogP contribution in [-0.2, 0) is 4.79 Å². The topological polar surface area (TPSA) is 57.5 Å². The zero-order chi connectivity index (χ0) is 10.0. The molecule has 0 saturated carbocycles. The summed E-state index contributed by atoms with van der Waals surface area (Å²) in [6, 6.07) is 3.87. The van der Waals surface area contributed by atoms with Crippen LogP contribution >= 0.6 is 11.6 Å². The summed E-state index contributed by atoms with van der Waals surface area (Å²) in [5, 5.41) is 17.4. The molecule has 13 heavy (non-hydrogen) atoms. The van der Waals surface area contributed by atoms with Gasteiger partial charge >= 0.3 is 0 Å². The lowest BCUT2D eigenvalue weighted by Gasteiger charge is -2.06. The van der Waals surface area contributed by atoms with Crippen LogP contribution in [0.25, 0.3) is 0 Å². The predicted molar refractivity (Wildman–Crippen MR) is 49.0 cm³/mol. The quantitative estimate of drug-likeness (QED) is 0.718. The minimum Gasteiger partial charge on any atom is -0.508 e. The fraction of sp³-hybridized carbons (Fsp3) is 0.222. The Hall–Kier alpha value is -1.22. The molecule has 1 aromatic rings. The van der Waals surface area contributed by atoms with Crippen molar-refractivity contribution in [1.82, 2.24) is 0 Å². The number of phenols is 2. The second-order valence-corrected chi connectivity index (χ2v) is 3.19. The molecule has 3 nitrogen and oxygen atoms in total. The van der Waals surface area contributed by atoms with Crippen molar-refractivity contribution < 1.29 is 15.0 Å². The first-order chi connectivity index (χ1) is 6.00. The molecule has 0 spiro atoms. The SMILES string of the molecule is CC(=O)C(Cl)c1cc(O)cc(O)c1. The van der Waals surface area contributed by atoms with E-state index in [-0.39, 0.29) is 17.3 Å². The number of carbonyl (C=O) groups is 1. The van der Waals surface area contributed by atoms with Gasteiger partial charge in [0.05, 0.1) is 0 Å². The number of hydrogen-bond donors (Lipinski definition) is 2. The van der Waals surface area contributed by atoms with Crippen molar-refractivity contribution in [2.24, 2.45) is 0 Å². The van der Waals surface area contributed by atoms with Gasteiger partial charge in [-0.1, -0.05) is 0 Å². The van der Waals surface area contributed by atoms with Crippen LogP contribution in [0.5, 0.6) is 11.5 Å². The minimum absolute atomic E-state index is 0.109. The standard InChI is InChI=1S/C9H9ClO3/c1-5(11)9(10)6-2-7(12)4-8(13)3-6/h2-4,9,12-13H,1H3. The molecule has 1 aromatic carbocycles. The molecule has 0 aliphatic heterocycles. The van der Waals surface area contributed by atoms with Gasteiger partial charge in [0.2, 0.25) is 0 Å². The first-order valence-corrected chi connectivity index (χ1v) is 4.12. The Balaban J connectivity index is 3.07. The van der Waals surface area contributed by atoms with Crippen molar-refractivity contribution in [2.75, 3.05) is 0 Å². The fourth-order valence-corrected chi connectivity index (χ4v) is 1.13. The molecule has 0 heterocycles. The summed E-state index contributed by atoms with van der Waals surface area (Å²) in [5.74, 6) is -0.449. The van der Waals surface area contributed by atoms with Gasteiger partial charge in [0.25, 0.3) is 0 Å². The zero-order valence-corrected chi connectivity index (χ0v) is 7.75. The third-order valence-electron chi connectivity index (χ3n) is 1.57. The Kier molecular flexibility index (Phi) is 2.78. The number of phenolic OH excluding ortho intramolecular Hbond substituents is 2. The Morgan fingerprint density at radius 1 is 1.31 bits per heavy atom. The van der Waals surface area contributed by atoms with Crippen molar-refractivity contribution in [3.8, 4) is 11.5 Å². The maximum Gasteiger partial charge on any atom is 0.152 e. The number of carbonyl (C=O) groups excluding carboxylic acids is 1. The molecule has 0 bridgehead atoms. The number of hydrogen-bond acceptors (Lipinski definition) is 3. The van der Waals surface area contributed by atoms with Crippen molar-refractivity contribution in [3.63, 3.8) is 0 Å². The maximum atomic E-state index is 10.9. The van der Waals surface area contributed by atoms with Gasteiger partial charge in [-0.2, -0.15) is 0 Å². The second kappa shape index (κ2) is 3.66. The van der Waals surface area contributed by atoms with Gasteiger partial charge in [-0.05, 0) is 24.6 Å². The summed E-state index contributed by atoms with van der Waals surface area (Å²) in [7, 11) is 0. The highest BCUT2D eigenvalue weighted by atomic mass is 35.5. The van der Waals surface area contributed by atoms with Gasteiger partial charge in [0, 0.05) is 6.07 Å². The molecule has 1 unspecified atom stereocenters. The Bertz CT molecular complexity index is 315. The van der Waals surface area contributed by atoms with Crippen LogP contribution in [-0.4, -0.2) is 16.0 Å². The lowest BCUT2D eigenvalue weighted by Crippen LogP contribution is -2.00. The Labute approximate surface area is 80.6 Å². The third-order valence-corrected chi connectivity index (χ3v) is 2.13. The molecule has 0 amide bonds. The van der Waals surface area contributed by atoms with E-state index >= 15 is 0 Å². The highest BCUT2D eigenvalue weighted by Crippen LogP contribution is 2.28. The molecule has 0 aromatic heterocycles. The molecule has 0 saturated heterocycles. The number of benzene rings is 1. The molecule has 1 atom stereocenters. The molecule has 0 radical (unpaired) electrons. The molecule has 4 heteroatoms. The van der Waals surface area contributed by atoms with E-state index < -0.39 is 5.38 Å². The molecule has 2 N–H and O–H groups in total. The monoisotopic (exact) mass is 200 g/mol. The van der Waals surface area contributed by atoms with Crippen LogP contribution in [0.1, 0.15) is 17.9 Å². The normalized spacial score (nSPS) is 12.5. The van der Waals surface area contributed by atoms with E-state index in [1.54, 1.807) is 0 Å². The minimum atomic E-state index is -0.821. The van der Waals surface area contributed by atoms with Crippen LogP contribution in [0.2, 0.25) is 0 Å². The lowest BCUT2D eigenvalue weighted by molar-refractivity contribution is -0.116. The van der Waals surface area contributed by atoms with Crippen LogP contribution < -0.4 is 0 Å². The average Bonchev–Trinajstić information content (AvgIpc) is 2.01. The third kappa shape index (κ3) is 2.36. The van der Waals surface area contributed by atoms with Crippen molar-refractivity contribution in [3.05, 3.63) is 23.8 Å². The molecule has 1 rings (SSSR count). The number of ketones is 1. The van der Waals surface area contributed by atoms with E-state index in [2.05, 4.69) is 0 Å². The number of alkyl halides is 1. The van der Waals surface area contributed by atoms with E-state index in [0.29, 0.717) is 5.56 Å². The lowest BCUT2D eigenvalue weighted by atomic mass is 10.1. The van der Waals surface area contributed by atoms with E-state index in [9.17, 15) is 4.79 Å². The van der Waals surface area contributed by atoms with Crippen LogP contribution in [0.15, 0.2) is 18.2 Å². The fourth-order valence-electron chi connectivity index (χ4n) is 0.999. The first-order valence-electron chi connectivity index (χ1n) is 3.68. The summed E-state index contributed by atoms with van der Waals surface area (Å²) < 4.78 is 0. The van der Waals surface area contributed by atoms with Gasteiger partial charge in [-0.15, -0.1) is 11.6 Å². The van der Waals surface area contributed by atoms with Crippen LogP contribution in [0.4, 0.5) is 0 Å². The highest BCUT2D eigenvalue weighted by molar-refractivity contribution is 6.30. The number of aromatic hydroxyl groups is 2.